The molecule has 1 atom stereocenters. The van der Waals surface area contributed by atoms with Crippen LogP contribution in [0.25, 0.3) is 0 Å². The zero-order valence-corrected chi connectivity index (χ0v) is 12.6. The number of imidazole rings is 1. The van der Waals surface area contributed by atoms with Crippen LogP contribution in [0.5, 0.6) is 0 Å². The Labute approximate surface area is 127 Å². The Bertz CT molecular complexity index is 618. The van der Waals surface area contributed by atoms with Gasteiger partial charge in [-0.2, -0.15) is 0 Å². The summed E-state index contributed by atoms with van der Waals surface area (Å²) in [4.78, 5) is 17.4. The summed E-state index contributed by atoms with van der Waals surface area (Å²) in [5.74, 6) is 0.0172. The van der Waals surface area contributed by atoms with Gasteiger partial charge in [-0.3, -0.25) is 4.79 Å². The maximum atomic E-state index is 12.0. The largest absolute Gasteiger partial charge is 0.381 e. The summed E-state index contributed by atoms with van der Waals surface area (Å²) >= 11 is 1.59. The van der Waals surface area contributed by atoms with Crippen LogP contribution >= 0.6 is 11.8 Å². The van der Waals surface area contributed by atoms with Crippen molar-refractivity contribution in [1.82, 2.24) is 9.55 Å². The lowest BCUT2D eigenvalue weighted by Gasteiger charge is -2.09. The standard InChI is InChI=1S/C15H17N3O2S/c1-18-8-7-16-15(18)21-13-4-2-12(3-5-13)17-14(19)11-6-9-20-10-11/h2-5,7-8,11H,6,9-10H2,1H3,(H,17,19). The number of amides is 1. The molecule has 110 valence electrons. The van der Waals surface area contributed by atoms with Crippen molar-refractivity contribution in [2.45, 2.75) is 16.5 Å². The van der Waals surface area contributed by atoms with Crippen LogP contribution in [0.2, 0.25) is 0 Å². The van der Waals surface area contributed by atoms with Crippen molar-refractivity contribution >= 4 is 23.4 Å². The Hall–Kier alpha value is -1.79. The van der Waals surface area contributed by atoms with Crippen molar-refractivity contribution in [3.05, 3.63) is 36.7 Å². The van der Waals surface area contributed by atoms with E-state index in [-0.39, 0.29) is 11.8 Å². The van der Waals surface area contributed by atoms with Gasteiger partial charge < -0.3 is 14.6 Å². The van der Waals surface area contributed by atoms with Crippen LogP contribution in [0.3, 0.4) is 0 Å². The lowest BCUT2D eigenvalue weighted by Crippen LogP contribution is -2.22. The van der Waals surface area contributed by atoms with Crippen LogP contribution in [0.1, 0.15) is 6.42 Å². The molecular weight excluding hydrogens is 286 g/mol. The third-order valence-corrected chi connectivity index (χ3v) is 4.49. The number of hydrogen-bond acceptors (Lipinski definition) is 4. The number of aromatic nitrogens is 2. The van der Waals surface area contributed by atoms with E-state index in [4.69, 9.17) is 4.74 Å². The topological polar surface area (TPSA) is 56.2 Å². The van der Waals surface area contributed by atoms with Crippen LogP contribution < -0.4 is 5.32 Å². The summed E-state index contributed by atoms with van der Waals surface area (Å²) in [6.45, 7) is 1.20. The zero-order valence-electron chi connectivity index (χ0n) is 11.8. The second kappa shape index (κ2) is 6.32. The van der Waals surface area contributed by atoms with Gasteiger partial charge in [0.15, 0.2) is 5.16 Å². The summed E-state index contributed by atoms with van der Waals surface area (Å²) in [5.41, 5.74) is 0.816. The minimum absolute atomic E-state index is 0.0216. The highest BCUT2D eigenvalue weighted by Gasteiger charge is 2.23. The minimum Gasteiger partial charge on any atom is -0.381 e. The lowest BCUT2D eigenvalue weighted by atomic mass is 10.1. The smallest absolute Gasteiger partial charge is 0.229 e. The average molecular weight is 303 g/mol. The predicted molar refractivity (Wildman–Crippen MR) is 81.3 cm³/mol. The summed E-state index contributed by atoms with van der Waals surface area (Å²) < 4.78 is 7.20. The molecule has 0 aliphatic carbocycles. The van der Waals surface area contributed by atoms with Crippen molar-refractivity contribution in [1.29, 1.82) is 0 Å². The number of hydrogen-bond donors (Lipinski definition) is 1. The fourth-order valence-electron chi connectivity index (χ4n) is 2.15. The number of benzene rings is 1. The van der Waals surface area contributed by atoms with E-state index in [1.54, 1.807) is 18.0 Å². The van der Waals surface area contributed by atoms with Crippen LogP contribution in [-0.4, -0.2) is 28.7 Å². The number of nitrogens with zero attached hydrogens (tertiary/aromatic N) is 2. The monoisotopic (exact) mass is 303 g/mol. The van der Waals surface area contributed by atoms with E-state index in [2.05, 4.69) is 10.3 Å². The van der Waals surface area contributed by atoms with Crippen LogP contribution in [0, 0.1) is 5.92 Å². The summed E-state index contributed by atoms with van der Waals surface area (Å²) in [7, 11) is 1.97. The number of nitrogens with one attached hydrogen (secondary N) is 1. The molecule has 0 radical (unpaired) electrons. The molecule has 1 aromatic carbocycles. The highest BCUT2D eigenvalue weighted by molar-refractivity contribution is 7.99. The van der Waals surface area contributed by atoms with Crippen LogP contribution in [-0.2, 0) is 16.6 Å². The lowest BCUT2D eigenvalue weighted by molar-refractivity contribution is -0.119. The van der Waals surface area contributed by atoms with Gasteiger partial charge >= 0.3 is 0 Å². The molecule has 6 heteroatoms. The molecule has 1 aromatic heterocycles. The van der Waals surface area contributed by atoms with Crippen LogP contribution in [0.4, 0.5) is 5.69 Å². The SMILES string of the molecule is Cn1ccnc1Sc1ccc(NC(=O)C2CCOC2)cc1. The quantitative estimate of drug-likeness (QED) is 0.943. The number of rotatable bonds is 4. The molecular formula is C15H17N3O2S. The molecule has 0 spiro atoms. The molecule has 2 aromatic rings. The highest BCUT2D eigenvalue weighted by Crippen LogP contribution is 2.27. The number of carbonyl (C=O) groups excluding carboxylic acids is 1. The molecule has 2 heterocycles. The van der Waals surface area contributed by atoms with E-state index in [9.17, 15) is 4.79 Å². The molecule has 5 nitrogen and oxygen atoms in total. The van der Waals surface area contributed by atoms with Crippen LogP contribution in [0.15, 0.2) is 46.7 Å². The van der Waals surface area contributed by atoms with Gasteiger partial charge in [-0.15, -0.1) is 0 Å². The molecule has 0 bridgehead atoms. The van der Waals surface area contributed by atoms with Gasteiger partial charge in [0, 0.05) is 36.6 Å². The average Bonchev–Trinajstić information content (AvgIpc) is 3.14. The van der Waals surface area contributed by atoms with E-state index in [1.807, 2.05) is 42.1 Å². The molecule has 1 fully saturated rings. The number of carbonyl (C=O) groups is 1. The fraction of sp³-hybridized carbons (Fsp3) is 0.333. The maximum Gasteiger partial charge on any atom is 0.229 e. The first-order valence-electron chi connectivity index (χ1n) is 6.86. The predicted octanol–water partition coefficient (Wildman–Crippen LogP) is 2.55. The fourth-order valence-corrected chi connectivity index (χ4v) is 2.95. The highest BCUT2D eigenvalue weighted by atomic mass is 32.2. The number of aryl methyl sites for hydroxylation is 1. The van der Waals surface area contributed by atoms with Gasteiger partial charge in [-0.05, 0) is 30.7 Å². The second-order valence-corrected chi connectivity index (χ2v) is 6.04. The first kappa shape index (κ1) is 14.2. The van der Waals surface area contributed by atoms with Gasteiger partial charge in [0.1, 0.15) is 0 Å². The summed E-state index contributed by atoms with van der Waals surface area (Å²) in [6, 6.07) is 7.80. The molecule has 1 unspecified atom stereocenters. The van der Waals surface area contributed by atoms with Gasteiger partial charge in [-0.25, -0.2) is 4.98 Å². The third-order valence-electron chi connectivity index (χ3n) is 3.41. The number of anilines is 1. The van der Waals surface area contributed by atoms with Gasteiger partial charge in [-0.1, -0.05) is 11.8 Å². The van der Waals surface area contributed by atoms with E-state index >= 15 is 0 Å². The van der Waals surface area contributed by atoms with Crippen molar-refractivity contribution < 1.29 is 9.53 Å². The maximum absolute atomic E-state index is 12.0. The second-order valence-electron chi connectivity index (χ2n) is 5.00. The number of ether oxygens (including phenoxy) is 1. The first-order chi connectivity index (χ1) is 10.2. The Kier molecular flexibility index (Phi) is 4.26. The summed E-state index contributed by atoms with van der Waals surface area (Å²) in [5, 5.41) is 3.87. The van der Waals surface area contributed by atoms with Gasteiger partial charge in [0.05, 0.1) is 12.5 Å². The Balaban J connectivity index is 1.61. The molecule has 1 amide bonds. The Morgan fingerprint density at radius 1 is 1.43 bits per heavy atom. The molecule has 1 aliphatic heterocycles. The molecule has 3 rings (SSSR count). The van der Waals surface area contributed by atoms with Gasteiger partial charge in [0.2, 0.25) is 5.91 Å². The van der Waals surface area contributed by atoms with Gasteiger partial charge in [0.25, 0.3) is 0 Å². The molecule has 1 N–H and O–H groups in total. The van der Waals surface area contributed by atoms with Crippen molar-refractivity contribution in [3.8, 4) is 0 Å². The summed E-state index contributed by atoms with van der Waals surface area (Å²) in [6.07, 6.45) is 4.50. The molecule has 0 saturated carbocycles. The molecule has 1 saturated heterocycles. The normalized spacial score (nSPS) is 17.9. The first-order valence-corrected chi connectivity index (χ1v) is 7.68. The third kappa shape index (κ3) is 3.46. The molecule has 1 aliphatic rings. The minimum atomic E-state index is -0.0216. The van der Waals surface area contributed by atoms with E-state index in [0.717, 1.165) is 22.2 Å². The molecule has 21 heavy (non-hydrogen) atoms. The van der Waals surface area contributed by atoms with E-state index in [0.29, 0.717) is 13.2 Å². The van der Waals surface area contributed by atoms with Crippen molar-refractivity contribution in [2.24, 2.45) is 13.0 Å². The van der Waals surface area contributed by atoms with Crippen molar-refractivity contribution in [2.75, 3.05) is 18.5 Å². The van der Waals surface area contributed by atoms with E-state index < -0.39 is 0 Å². The Morgan fingerprint density at radius 2 is 2.24 bits per heavy atom. The Morgan fingerprint density at radius 3 is 2.86 bits per heavy atom. The van der Waals surface area contributed by atoms with Crippen molar-refractivity contribution in [3.63, 3.8) is 0 Å². The zero-order chi connectivity index (χ0) is 14.7. The van der Waals surface area contributed by atoms with E-state index in [1.165, 1.54) is 0 Å².